The zero-order chi connectivity index (χ0) is 11.1. The molecule has 90 valence electrons. The molecular weight excluding hydrogens is 212 g/mol. The molecule has 0 saturated heterocycles. The zero-order valence-corrected chi connectivity index (χ0v) is 9.76. The van der Waals surface area contributed by atoms with E-state index >= 15 is 0 Å². The smallest absolute Gasteiger partial charge is 0.376 e. The van der Waals surface area contributed by atoms with E-state index in [1.165, 1.54) is 0 Å². The van der Waals surface area contributed by atoms with Crippen molar-refractivity contribution in [3.05, 3.63) is 0 Å². The van der Waals surface area contributed by atoms with E-state index in [0.717, 1.165) is 13.5 Å². The molecule has 7 nitrogen and oxygen atoms in total. The Labute approximate surface area is 85.0 Å². The van der Waals surface area contributed by atoms with E-state index in [1.54, 1.807) is 14.0 Å². The third kappa shape index (κ3) is 17.7. The zero-order valence-electron chi connectivity index (χ0n) is 8.94. The van der Waals surface area contributed by atoms with Crippen LogP contribution in [0.3, 0.4) is 0 Å². The van der Waals surface area contributed by atoms with Gasteiger partial charge in [0.2, 0.25) is 0 Å². The predicted octanol–water partition coefficient (Wildman–Crippen LogP) is -0.0781. The maximum Gasteiger partial charge on any atom is 0.397 e. The standard InChI is InChI=1S/C5H13NO.CH4O4S.H3N/c1-4-5(2,7)6-3;1-5-6(2,3)4;/h6-7H,4H2,1-3H3;1H3,(H,2,3,4);1H3. The molecule has 0 bridgehead atoms. The van der Waals surface area contributed by atoms with E-state index in [-0.39, 0.29) is 6.15 Å². The summed E-state index contributed by atoms with van der Waals surface area (Å²) in [6, 6.07) is 0. The van der Waals surface area contributed by atoms with Crippen LogP contribution < -0.4 is 11.5 Å². The van der Waals surface area contributed by atoms with E-state index < -0.39 is 16.1 Å². The van der Waals surface area contributed by atoms with Crippen molar-refractivity contribution in [2.24, 2.45) is 0 Å². The first-order valence-corrected chi connectivity index (χ1v) is 4.99. The van der Waals surface area contributed by atoms with Gasteiger partial charge in [-0.1, -0.05) is 6.92 Å². The fourth-order valence-electron chi connectivity index (χ4n) is 0.177. The van der Waals surface area contributed by atoms with Gasteiger partial charge in [0, 0.05) is 0 Å². The Morgan fingerprint density at radius 1 is 1.50 bits per heavy atom. The third-order valence-electron chi connectivity index (χ3n) is 1.44. The number of hydrogen-bond acceptors (Lipinski definition) is 6. The fraction of sp³-hybridized carbons (Fsp3) is 1.00. The Bertz CT molecular complexity index is 208. The Balaban J connectivity index is -0.000000163. The van der Waals surface area contributed by atoms with Gasteiger partial charge in [-0.25, -0.2) is 0 Å². The highest BCUT2D eigenvalue weighted by Gasteiger charge is 2.11. The molecule has 0 aromatic carbocycles. The molecule has 0 radical (unpaired) electrons. The molecule has 0 rings (SSSR count). The molecule has 0 aromatic rings. The maximum absolute atomic E-state index is 9.33. The van der Waals surface area contributed by atoms with Crippen LogP contribution in [0.5, 0.6) is 0 Å². The molecule has 1 unspecified atom stereocenters. The largest absolute Gasteiger partial charge is 0.397 e. The summed E-state index contributed by atoms with van der Waals surface area (Å²) in [6.07, 6.45) is 0.740. The van der Waals surface area contributed by atoms with Crippen molar-refractivity contribution < 1.29 is 22.3 Å². The van der Waals surface area contributed by atoms with Gasteiger partial charge in [-0.2, -0.15) is 8.42 Å². The summed E-state index contributed by atoms with van der Waals surface area (Å²) in [7, 11) is -1.55. The van der Waals surface area contributed by atoms with Gasteiger partial charge < -0.3 is 11.3 Å². The first-order valence-electron chi connectivity index (χ1n) is 3.63. The molecule has 8 heteroatoms. The summed E-state index contributed by atoms with van der Waals surface area (Å²) in [6.45, 7) is 3.67. The third-order valence-corrected chi connectivity index (χ3v) is 1.86. The van der Waals surface area contributed by atoms with Gasteiger partial charge in [0.05, 0.1) is 7.11 Å². The molecule has 0 aliphatic rings. The minimum Gasteiger partial charge on any atom is -0.376 e. The molecule has 0 fully saturated rings. The van der Waals surface area contributed by atoms with Crippen molar-refractivity contribution in [3.63, 3.8) is 0 Å². The highest BCUT2D eigenvalue weighted by atomic mass is 32.3. The summed E-state index contributed by atoms with van der Waals surface area (Å²) in [4.78, 5) is 0. The van der Waals surface area contributed by atoms with Gasteiger partial charge in [-0.3, -0.25) is 14.1 Å². The van der Waals surface area contributed by atoms with E-state index in [9.17, 15) is 8.42 Å². The molecule has 0 spiro atoms. The second kappa shape index (κ2) is 8.09. The molecule has 0 aliphatic heterocycles. The van der Waals surface area contributed by atoms with Gasteiger partial charge in [0.1, 0.15) is 5.72 Å². The van der Waals surface area contributed by atoms with Gasteiger partial charge >= 0.3 is 10.4 Å². The predicted molar refractivity (Wildman–Crippen MR) is 53.6 cm³/mol. The topological polar surface area (TPSA) is 131 Å². The molecule has 0 saturated carbocycles. The normalized spacial score (nSPS) is 14.4. The SMILES string of the molecule is CCC(C)(O)NC.COS(=O)(=O)O.N. The van der Waals surface area contributed by atoms with Crippen LogP contribution in [0.2, 0.25) is 0 Å². The lowest BCUT2D eigenvalue weighted by molar-refractivity contribution is 0.0284. The monoisotopic (exact) mass is 232 g/mol. The Hall–Kier alpha value is -0.250. The van der Waals surface area contributed by atoms with E-state index in [4.69, 9.17) is 9.66 Å². The molecule has 14 heavy (non-hydrogen) atoms. The van der Waals surface area contributed by atoms with Crippen LogP contribution >= 0.6 is 0 Å². The van der Waals surface area contributed by atoms with Crippen LogP contribution in [-0.2, 0) is 14.6 Å². The molecule has 0 amide bonds. The molecular formula is C6H20N2O5S. The van der Waals surface area contributed by atoms with Crippen molar-refractivity contribution in [1.82, 2.24) is 11.5 Å². The minimum atomic E-state index is -4.16. The van der Waals surface area contributed by atoms with Crippen LogP contribution in [0.1, 0.15) is 20.3 Å². The molecule has 0 aromatic heterocycles. The first kappa shape index (κ1) is 19.3. The van der Waals surface area contributed by atoms with Crippen LogP contribution in [0.4, 0.5) is 0 Å². The lowest BCUT2D eigenvalue weighted by Crippen LogP contribution is -2.38. The Morgan fingerprint density at radius 2 is 1.79 bits per heavy atom. The highest BCUT2D eigenvalue weighted by Crippen LogP contribution is 1.99. The Morgan fingerprint density at radius 3 is 1.79 bits per heavy atom. The minimum absolute atomic E-state index is 0. The van der Waals surface area contributed by atoms with Crippen molar-refractivity contribution >= 4 is 10.4 Å². The number of rotatable bonds is 3. The summed E-state index contributed by atoms with van der Waals surface area (Å²) in [5.41, 5.74) is -0.667. The number of hydrogen-bond donors (Lipinski definition) is 4. The summed E-state index contributed by atoms with van der Waals surface area (Å²) in [5, 5.41) is 11.8. The summed E-state index contributed by atoms with van der Waals surface area (Å²) in [5.74, 6) is 0. The summed E-state index contributed by atoms with van der Waals surface area (Å²) < 4.78 is 29.7. The summed E-state index contributed by atoms with van der Waals surface area (Å²) >= 11 is 0. The van der Waals surface area contributed by atoms with E-state index in [1.807, 2.05) is 6.92 Å². The number of aliphatic hydroxyl groups is 1. The fourth-order valence-corrected chi connectivity index (χ4v) is 0.177. The van der Waals surface area contributed by atoms with Crippen LogP contribution in [0.25, 0.3) is 0 Å². The quantitative estimate of drug-likeness (QED) is 0.395. The first-order chi connectivity index (χ1) is 5.68. The van der Waals surface area contributed by atoms with Crippen LogP contribution in [0.15, 0.2) is 0 Å². The van der Waals surface area contributed by atoms with E-state index in [0.29, 0.717) is 0 Å². The van der Waals surface area contributed by atoms with Crippen molar-refractivity contribution in [1.29, 1.82) is 0 Å². The molecule has 0 heterocycles. The average molecular weight is 232 g/mol. The van der Waals surface area contributed by atoms with Crippen LogP contribution in [0, 0.1) is 0 Å². The second-order valence-electron chi connectivity index (χ2n) is 2.47. The average Bonchev–Trinajstić information content (AvgIpc) is 2.04. The van der Waals surface area contributed by atoms with Gasteiger partial charge in [-0.15, -0.1) is 0 Å². The highest BCUT2D eigenvalue weighted by molar-refractivity contribution is 7.80. The molecule has 6 N–H and O–H groups in total. The van der Waals surface area contributed by atoms with E-state index in [2.05, 4.69) is 9.50 Å². The Kier molecular flexibility index (Phi) is 11.2. The second-order valence-corrected chi connectivity index (χ2v) is 3.66. The number of nitrogens with one attached hydrogen (secondary N) is 1. The van der Waals surface area contributed by atoms with Gasteiger partial charge in [-0.05, 0) is 20.4 Å². The maximum atomic E-state index is 9.33. The van der Waals surface area contributed by atoms with Crippen molar-refractivity contribution in [2.45, 2.75) is 26.0 Å². The molecule has 1 atom stereocenters. The van der Waals surface area contributed by atoms with Crippen molar-refractivity contribution in [3.8, 4) is 0 Å². The van der Waals surface area contributed by atoms with Crippen LogP contribution in [-0.4, -0.2) is 38.0 Å². The lowest BCUT2D eigenvalue weighted by Gasteiger charge is -2.19. The molecule has 0 aliphatic carbocycles. The van der Waals surface area contributed by atoms with Crippen molar-refractivity contribution in [2.75, 3.05) is 14.2 Å². The van der Waals surface area contributed by atoms with Gasteiger partial charge in [0.15, 0.2) is 0 Å². The van der Waals surface area contributed by atoms with Gasteiger partial charge in [0.25, 0.3) is 0 Å². The lowest BCUT2D eigenvalue weighted by atomic mass is 10.2.